The number of amides is 1. The number of nitrogens with one attached hydrogen (secondary N) is 2. The lowest BCUT2D eigenvalue weighted by Gasteiger charge is -2.25. The lowest BCUT2D eigenvalue weighted by molar-refractivity contribution is -0.146. The SMILES string of the molecule is CCCC(=O)Nc1ncnn2c([C@]3(C#N)O[C@H](COP(=O)(N[C@@H](C)C(=O)OCC(CC)CC)Oc4ccccc4)[C@@H](O)[C@H]3O)ccc12. The highest BCUT2D eigenvalue weighted by Crippen LogP contribution is 2.47. The van der Waals surface area contributed by atoms with Crippen LogP contribution in [0, 0.1) is 17.2 Å². The van der Waals surface area contributed by atoms with E-state index in [1.54, 1.807) is 18.2 Å². The molecule has 0 radical (unpaired) electrons. The molecule has 1 fully saturated rings. The number of nitriles is 1. The summed E-state index contributed by atoms with van der Waals surface area (Å²) in [4.78, 5) is 29.1. The molecular weight excluding hydrogens is 631 g/mol. The zero-order chi connectivity index (χ0) is 34.2. The number of hydrogen-bond acceptors (Lipinski definition) is 12. The fraction of sp³-hybridized carbons (Fsp3) is 0.516. The van der Waals surface area contributed by atoms with Crippen LogP contribution >= 0.6 is 7.75 Å². The number of esters is 1. The summed E-state index contributed by atoms with van der Waals surface area (Å²) in [5.41, 5.74) is -1.78. The van der Waals surface area contributed by atoms with Crippen molar-refractivity contribution >= 4 is 31.0 Å². The minimum atomic E-state index is -4.36. The molecule has 6 atom stereocenters. The summed E-state index contributed by atoms with van der Waals surface area (Å²) in [5.74, 6) is -0.399. The third-order valence-corrected chi connectivity index (χ3v) is 9.53. The summed E-state index contributed by atoms with van der Waals surface area (Å²) in [6.07, 6.45) is -1.15. The minimum absolute atomic E-state index is 0.0492. The van der Waals surface area contributed by atoms with E-state index >= 15 is 0 Å². The maximum absolute atomic E-state index is 14.0. The first-order chi connectivity index (χ1) is 22.5. The van der Waals surface area contributed by atoms with Crippen LogP contribution in [0.1, 0.15) is 59.1 Å². The summed E-state index contributed by atoms with van der Waals surface area (Å²) in [7, 11) is -4.36. The molecule has 1 aromatic carbocycles. The Bertz CT molecular complexity index is 1610. The van der Waals surface area contributed by atoms with Crippen molar-refractivity contribution in [2.24, 2.45) is 5.92 Å². The lowest BCUT2D eigenvalue weighted by Crippen LogP contribution is -2.41. The van der Waals surface area contributed by atoms with Crippen LogP contribution in [0.15, 0.2) is 48.8 Å². The Morgan fingerprint density at radius 2 is 1.89 bits per heavy atom. The Morgan fingerprint density at radius 1 is 1.17 bits per heavy atom. The number of carbonyl (C=O) groups is 2. The van der Waals surface area contributed by atoms with Gasteiger partial charge in [0.05, 0.1) is 18.9 Å². The molecule has 1 saturated heterocycles. The highest BCUT2D eigenvalue weighted by Gasteiger charge is 2.58. The molecule has 15 nitrogen and oxygen atoms in total. The van der Waals surface area contributed by atoms with Gasteiger partial charge in [0.15, 0.2) is 5.82 Å². The zero-order valence-electron chi connectivity index (χ0n) is 26.7. The van der Waals surface area contributed by atoms with Crippen molar-refractivity contribution in [1.29, 1.82) is 5.26 Å². The largest absolute Gasteiger partial charge is 0.464 e. The Balaban J connectivity index is 1.55. The van der Waals surface area contributed by atoms with E-state index in [0.717, 1.165) is 12.8 Å². The predicted molar refractivity (Wildman–Crippen MR) is 169 cm³/mol. The molecule has 0 spiro atoms. The van der Waals surface area contributed by atoms with Crippen LogP contribution in [-0.4, -0.2) is 74.3 Å². The second-order valence-electron chi connectivity index (χ2n) is 11.2. The molecular formula is C31H41N6O9P. The number of aliphatic hydroxyl groups excluding tert-OH is 2. The molecule has 2 aromatic heterocycles. The van der Waals surface area contributed by atoms with Crippen LogP contribution in [-0.2, 0) is 33.8 Å². The second kappa shape index (κ2) is 15.8. The summed E-state index contributed by atoms with van der Waals surface area (Å²) in [6, 6.07) is 11.9. The van der Waals surface area contributed by atoms with Crippen molar-refractivity contribution in [3.05, 3.63) is 54.5 Å². The number of benzene rings is 1. The average molecular weight is 673 g/mol. The fourth-order valence-electron chi connectivity index (χ4n) is 5.07. The van der Waals surface area contributed by atoms with E-state index in [-0.39, 0.29) is 42.1 Å². The Hall–Kier alpha value is -3.90. The number of para-hydroxylation sites is 1. The van der Waals surface area contributed by atoms with Crippen molar-refractivity contribution < 1.29 is 42.9 Å². The molecule has 1 amide bonds. The molecule has 0 saturated carbocycles. The molecule has 0 aliphatic carbocycles. The number of hydrogen-bond donors (Lipinski definition) is 4. The summed E-state index contributed by atoms with van der Waals surface area (Å²) < 4.78 is 38.0. The fourth-order valence-corrected chi connectivity index (χ4v) is 6.57. The van der Waals surface area contributed by atoms with Gasteiger partial charge in [-0.25, -0.2) is 14.1 Å². The van der Waals surface area contributed by atoms with Crippen LogP contribution in [0.4, 0.5) is 5.82 Å². The van der Waals surface area contributed by atoms with Gasteiger partial charge in [-0.2, -0.15) is 15.4 Å². The van der Waals surface area contributed by atoms with Gasteiger partial charge in [-0.15, -0.1) is 0 Å². The number of anilines is 1. The number of carbonyl (C=O) groups excluding carboxylic acids is 2. The second-order valence-corrected chi connectivity index (χ2v) is 12.9. The van der Waals surface area contributed by atoms with E-state index in [1.165, 1.54) is 42.0 Å². The van der Waals surface area contributed by atoms with E-state index in [2.05, 4.69) is 20.5 Å². The molecule has 0 bridgehead atoms. The molecule has 3 aromatic rings. The molecule has 1 aliphatic heterocycles. The van der Waals surface area contributed by atoms with Crippen LogP contribution < -0.4 is 14.9 Å². The Labute approximate surface area is 272 Å². The maximum Gasteiger partial charge on any atom is 0.459 e. The van der Waals surface area contributed by atoms with E-state index in [1.807, 2.05) is 26.8 Å². The molecule has 47 heavy (non-hydrogen) atoms. The van der Waals surface area contributed by atoms with Crippen LogP contribution in [0.3, 0.4) is 0 Å². The van der Waals surface area contributed by atoms with E-state index < -0.39 is 50.3 Å². The van der Waals surface area contributed by atoms with Crippen molar-refractivity contribution in [2.75, 3.05) is 18.5 Å². The Kier molecular flexibility index (Phi) is 12.1. The van der Waals surface area contributed by atoms with Gasteiger partial charge in [-0.1, -0.05) is 51.8 Å². The van der Waals surface area contributed by atoms with E-state index in [4.69, 9.17) is 18.5 Å². The van der Waals surface area contributed by atoms with Gasteiger partial charge in [0.2, 0.25) is 11.5 Å². The Morgan fingerprint density at radius 3 is 2.55 bits per heavy atom. The number of aromatic nitrogens is 3. The highest BCUT2D eigenvalue weighted by atomic mass is 31.2. The molecule has 3 heterocycles. The summed E-state index contributed by atoms with van der Waals surface area (Å²) >= 11 is 0. The molecule has 16 heteroatoms. The molecule has 1 aliphatic rings. The maximum atomic E-state index is 14.0. The third kappa shape index (κ3) is 8.16. The van der Waals surface area contributed by atoms with Crippen LogP contribution in [0.5, 0.6) is 5.75 Å². The first-order valence-corrected chi connectivity index (χ1v) is 17.1. The minimum Gasteiger partial charge on any atom is -0.464 e. The first kappa shape index (κ1) is 35.9. The van der Waals surface area contributed by atoms with Crippen LogP contribution in [0.2, 0.25) is 0 Å². The quantitative estimate of drug-likeness (QED) is 0.127. The van der Waals surface area contributed by atoms with Gasteiger partial charge >= 0.3 is 13.7 Å². The number of rotatable bonds is 16. The third-order valence-electron chi connectivity index (χ3n) is 7.89. The number of ether oxygens (including phenoxy) is 2. The summed E-state index contributed by atoms with van der Waals surface area (Å²) in [5, 5.41) is 42.0. The van der Waals surface area contributed by atoms with Crippen molar-refractivity contribution in [1.82, 2.24) is 19.7 Å². The topological polar surface area (TPSA) is 207 Å². The predicted octanol–water partition coefficient (Wildman–Crippen LogP) is 3.47. The standard InChI is InChI=1S/C31H41N6O9P/c1-5-11-26(38)35-29-23-14-15-25(37(23)34-19-33-29)31(18-32)28(40)27(39)24(45-31)17-44-47(42,46-22-12-9-8-10-13-22)36-20(4)30(41)43-16-21(6-2)7-3/h8-10,12-15,19-21,24,27-28,39-40H,5-7,11,16-17H2,1-4H3,(H,36,42)(H,33,34,35,38)/t20-,24+,27+,28+,31-,47?/m0/s1. The number of aliphatic hydroxyl groups is 2. The van der Waals surface area contributed by atoms with Crippen molar-refractivity contribution in [3.8, 4) is 11.8 Å². The van der Waals surface area contributed by atoms with Crippen molar-refractivity contribution in [2.45, 2.75) is 83.3 Å². The first-order valence-electron chi connectivity index (χ1n) is 15.5. The molecule has 4 N–H and O–H groups in total. The van der Waals surface area contributed by atoms with E-state index in [9.17, 15) is 29.6 Å². The number of nitrogens with zero attached hydrogens (tertiary/aromatic N) is 4. The van der Waals surface area contributed by atoms with E-state index in [0.29, 0.717) is 11.9 Å². The van der Waals surface area contributed by atoms with Gasteiger partial charge in [-0.05, 0) is 43.5 Å². The van der Waals surface area contributed by atoms with Gasteiger partial charge in [0.1, 0.15) is 48.0 Å². The monoisotopic (exact) mass is 672 g/mol. The van der Waals surface area contributed by atoms with Crippen LogP contribution in [0.25, 0.3) is 5.52 Å². The van der Waals surface area contributed by atoms with Gasteiger partial charge in [0, 0.05) is 6.42 Å². The van der Waals surface area contributed by atoms with Gasteiger partial charge < -0.3 is 29.5 Å². The average Bonchev–Trinajstić information content (AvgIpc) is 3.60. The van der Waals surface area contributed by atoms with Crippen molar-refractivity contribution in [3.63, 3.8) is 0 Å². The molecule has 4 rings (SSSR count). The zero-order valence-corrected chi connectivity index (χ0v) is 27.6. The highest BCUT2D eigenvalue weighted by molar-refractivity contribution is 7.52. The molecule has 254 valence electrons. The normalized spacial score (nSPS) is 22.8. The summed E-state index contributed by atoms with van der Waals surface area (Å²) in [6.45, 7) is 6.88. The molecule has 1 unspecified atom stereocenters. The lowest BCUT2D eigenvalue weighted by atomic mass is 9.92. The van der Waals surface area contributed by atoms with Gasteiger partial charge in [0.25, 0.3) is 0 Å². The number of fused-ring (bicyclic) bond motifs is 1. The smallest absolute Gasteiger partial charge is 0.459 e. The van der Waals surface area contributed by atoms with Gasteiger partial charge in [-0.3, -0.25) is 14.1 Å².